The van der Waals surface area contributed by atoms with Crippen LogP contribution in [0.25, 0.3) is 0 Å². The maximum atomic E-state index is 12.7. The van der Waals surface area contributed by atoms with Crippen molar-refractivity contribution in [3.8, 4) is 5.75 Å². The molecule has 1 amide bonds. The first-order valence-corrected chi connectivity index (χ1v) is 7.77. The maximum Gasteiger partial charge on any atom is 0.240 e. The van der Waals surface area contributed by atoms with E-state index in [0.717, 1.165) is 18.1 Å². The number of rotatable bonds is 6. The lowest BCUT2D eigenvalue weighted by molar-refractivity contribution is -0.131. The first-order valence-electron chi connectivity index (χ1n) is 6.61. The molecule has 1 aliphatic heterocycles. The number of nitrogens with one attached hydrogen (secondary N) is 1. The second-order valence-electron chi connectivity index (χ2n) is 4.69. The van der Waals surface area contributed by atoms with Crippen LogP contribution in [0.4, 0.5) is 4.39 Å². The van der Waals surface area contributed by atoms with E-state index in [2.05, 4.69) is 5.32 Å². The number of thioether (sulfide) groups is 1. The molecule has 20 heavy (non-hydrogen) atoms. The Kier molecular flexibility index (Phi) is 5.67. The predicted octanol–water partition coefficient (Wildman–Crippen LogP) is 1.72. The fourth-order valence-electron chi connectivity index (χ4n) is 1.95. The molecule has 1 aromatic rings. The summed E-state index contributed by atoms with van der Waals surface area (Å²) in [7, 11) is 1.81. The Morgan fingerprint density at radius 3 is 2.90 bits per heavy atom. The zero-order valence-corrected chi connectivity index (χ0v) is 12.3. The van der Waals surface area contributed by atoms with Gasteiger partial charge in [-0.15, -0.1) is 11.8 Å². The molecular formula is C14H19FN2O2S. The summed E-state index contributed by atoms with van der Waals surface area (Å²) in [5.41, 5.74) is 0. The predicted molar refractivity (Wildman–Crippen MR) is 78.4 cm³/mol. The van der Waals surface area contributed by atoms with Gasteiger partial charge in [-0.3, -0.25) is 10.1 Å². The van der Waals surface area contributed by atoms with E-state index >= 15 is 0 Å². The zero-order chi connectivity index (χ0) is 14.4. The van der Waals surface area contributed by atoms with E-state index in [4.69, 9.17) is 4.74 Å². The fraction of sp³-hybridized carbons (Fsp3) is 0.500. The van der Waals surface area contributed by atoms with Crippen molar-refractivity contribution >= 4 is 17.7 Å². The molecule has 1 atom stereocenters. The lowest BCUT2D eigenvalue weighted by Crippen LogP contribution is -2.43. The Balaban J connectivity index is 1.65. The van der Waals surface area contributed by atoms with E-state index in [0.29, 0.717) is 18.9 Å². The van der Waals surface area contributed by atoms with Crippen molar-refractivity contribution in [2.24, 2.45) is 0 Å². The van der Waals surface area contributed by atoms with Crippen molar-refractivity contribution in [2.45, 2.75) is 12.5 Å². The lowest BCUT2D eigenvalue weighted by Gasteiger charge is -2.20. The smallest absolute Gasteiger partial charge is 0.240 e. The van der Waals surface area contributed by atoms with Gasteiger partial charge in [-0.25, -0.2) is 4.39 Å². The van der Waals surface area contributed by atoms with Crippen LogP contribution in [-0.4, -0.2) is 48.7 Å². The van der Waals surface area contributed by atoms with Crippen molar-refractivity contribution in [1.29, 1.82) is 0 Å². The normalized spacial score (nSPS) is 18.0. The number of benzene rings is 1. The Bertz CT molecular complexity index is 435. The van der Waals surface area contributed by atoms with Crippen LogP contribution in [0.5, 0.6) is 5.75 Å². The van der Waals surface area contributed by atoms with Crippen LogP contribution < -0.4 is 10.1 Å². The summed E-state index contributed by atoms with van der Waals surface area (Å²) in [5, 5.41) is 3.16. The lowest BCUT2D eigenvalue weighted by atomic mass is 10.3. The number of halogens is 1. The molecule has 1 heterocycles. The molecule has 1 aliphatic rings. The quantitative estimate of drug-likeness (QED) is 0.812. The topological polar surface area (TPSA) is 41.6 Å². The number of carbonyl (C=O) groups excluding carboxylic acids is 1. The summed E-state index contributed by atoms with van der Waals surface area (Å²) < 4.78 is 18.2. The Morgan fingerprint density at radius 1 is 1.50 bits per heavy atom. The van der Waals surface area contributed by atoms with Crippen LogP contribution in [-0.2, 0) is 4.79 Å². The maximum absolute atomic E-state index is 12.7. The molecule has 0 aliphatic carbocycles. The van der Waals surface area contributed by atoms with Gasteiger partial charge < -0.3 is 9.64 Å². The summed E-state index contributed by atoms with van der Waals surface area (Å²) in [6.07, 6.45) is 0.749. The van der Waals surface area contributed by atoms with Crippen LogP contribution in [0.15, 0.2) is 24.3 Å². The van der Waals surface area contributed by atoms with Gasteiger partial charge in [-0.1, -0.05) is 0 Å². The van der Waals surface area contributed by atoms with Gasteiger partial charge in [0, 0.05) is 25.2 Å². The summed E-state index contributed by atoms with van der Waals surface area (Å²) in [4.78, 5) is 13.7. The Hall–Kier alpha value is -1.27. The number of likely N-dealkylation sites (N-methyl/N-ethyl adjacent to an activating group) is 1. The van der Waals surface area contributed by atoms with Crippen LogP contribution in [0, 0.1) is 5.82 Å². The van der Waals surface area contributed by atoms with E-state index in [1.807, 2.05) is 7.05 Å². The highest BCUT2D eigenvalue weighted by molar-refractivity contribution is 7.99. The van der Waals surface area contributed by atoms with Crippen molar-refractivity contribution in [3.63, 3.8) is 0 Å². The second kappa shape index (κ2) is 7.50. The Morgan fingerprint density at radius 2 is 2.25 bits per heavy atom. The highest BCUT2D eigenvalue weighted by atomic mass is 32.2. The van der Waals surface area contributed by atoms with Gasteiger partial charge in [0.1, 0.15) is 11.6 Å². The number of nitrogens with zero attached hydrogens (tertiary/aromatic N) is 1. The minimum atomic E-state index is -0.274. The van der Waals surface area contributed by atoms with Crippen LogP contribution in [0.3, 0.4) is 0 Å². The van der Waals surface area contributed by atoms with Crippen molar-refractivity contribution in [3.05, 3.63) is 30.1 Å². The average Bonchev–Trinajstić information content (AvgIpc) is 2.98. The number of ether oxygens (including phenoxy) is 1. The minimum Gasteiger partial charge on any atom is -0.494 e. The van der Waals surface area contributed by atoms with E-state index in [-0.39, 0.29) is 17.8 Å². The summed E-state index contributed by atoms with van der Waals surface area (Å²) in [5.74, 6) is 2.20. The summed E-state index contributed by atoms with van der Waals surface area (Å²) in [6, 6.07) is 5.89. The third-order valence-corrected chi connectivity index (χ3v) is 4.05. The number of hydrogen-bond acceptors (Lipinski definition) is 4. The molecular weight excluding hydrogens is 279 g/mol. The molecule has 0 spiro atoms. The average molecular weight is 298 g/mol. The molecule has 1 aromatic carbocycles. The SMILES string of the molecule is CN(CCCOc1ccc(F)cc1)C(=O)C1CSCN1. The van der Waals surface area contributed by atoms with E-state index < -0.39 is 0 Å². The number of hydrogen-bond donors (Lipinski definition) is 1. The molecule has 0 bridgehead atoms. The fourth-order valence-corrected chi connectivity index (χ4v) is 2.89. The number of amides is 1. The first kappa shape index (κ1) is 15.1. The first-order chi connectivity index (χ1) is 9.66. The molecule has 4 nitrogen and oxygen atoms in total. The van der Waals surface area contributed by atoms with Crippen molar-refractivity contribution in [2.75, 3.05) is 31.8 Å². The number of carbonyl (C=O) groups is 1. The molecule has 1 N–H and O–H groups in total. The summed E-state index contributed by atoms with van der Waals surface area (Å²) >= 11 is 1.74. The van der Waals surface area contributed by atoms with Crippen LogP contribution in [0.2, 0.25) is 0 Å². The van der Waals surface area contributed by atoms with Gasteiger partial charge in [0.25, 0.3) is 0 Å². The minimum absolute atomic E-state index is 0.0528. The molecule has 110 valence electrons. The van der Waals surface area contributed by atoms with Gasteiger partial charge in [-0.2, -0.15) is 0 Å². The van der Waals surface area contributed by atoms with Crippen molar-refractivity contribution in [1.82, 2.24) is 10.2 Å². The van der Waals surface area contributed by atoms with Gasteiger partial charge in [0.15, 0.2) is 0 Å². The molecule has 1 saturated heterocycles. The molecule has 1 fully saturated rings. The summed E-state index contributed by atoms with van der Waals surface area (Å²) in [6.45, 7) is 1.17. The second-order valence-corrected chi connectivity index (χ2v) is 5.72. The molecule has 0 aromatic heterocycles. The third kappa shape index (κ3) is 4.38. The van der Waals surface area contributed by atoms with Gasteiger partial charge in [-0.05, 0) is 30.7 Å². The standard InChI is InChI=1S/C14H19FN2O2S/c1-17(14(18)13-9-20-10-16-13)7-2-8-19-12-5-3-11(15)4-6-12/h3-6,13,16H,2,7-10H2,1H3. The van der Waals surface area contributed by atoms with E-state index in [9.17, 15) is 9.18 Å². The third-order valence-electron chi connectivity index (χ3n) is 3.11. The van der Waals surface area contributed by atoms with E-state index in [1.54, 1.807) is 28.8 Å². The highest BCUT2D eigenvalue weighted by Gasteiger charge is 2.24. The molecule has 6 heteroatoms. The van der Waals surface area contributed by atoms with E-state index in [1.165, 1.54) is 12.1 Å². The van der Waals surface area contributed by atoms with Crippen LogP contribution in [0.1, 0.15) is 6.42 Å². The van der Waals surface area contributed by atoms with Crippen molar-refractivity contribution < 1.29 is 13.9 Å². The zero-order valence-electron chi connectivity index (χ0n) is 11.5. The molecule has 0 saturated carbocycles. The van der Waals surface area contributed by atoms with Crippen LogP contribution >= 0.6 is 11.8 Å². The van der Waals surface area contributed by atoms with Gasteiger partial charge in [0.2, 0.25) is 5.91 Å². The van der Waals surface area contributed by atoms with Gasteiger partial charge >= 0.3 is 0 Å². The molecule has 2 rings (SSSR count). The Labute approximate surface area is 122 Å². The molecule has 0 radical (unpaired) electrons. The largest absolute Gasteiger partial charge is 0.494 e. The monoisotopic (exact) mass is 298 g/mol. The molecule has 1 unspecified atom stereocenters. The van der Waals surface area contributed by atoms with Gasteiger partial charge in [0.05, 0.1) is 12.6 Å². The highest BCUT2D eigenvalue weighted by Crippen LogP contribution is 2.12.